The van der Waals surface area contributed by atoms with Crippen LogP contribution in [0.15, 0.2) is 24.3 Å². The second-order valence-corrected chi connectivity index (χ2v) is 7.85. The molecule has 25 heavy (non-hydrogen) atoms. The number of carbonyl (C=O) groups excluding carboxylic acids is 1. The van der Waals surface area contributed by atoms with Crippen molar-refractivity contribution in [1.82, 2.24) is 13.9 Å². The number of rotatable bonds is 7. The van der Waals surface area contributed by atoms with Crippen molar-refractivity contribution in [1.29, 1.82) is 0 Å². The molecule has 0 aromatic heterocycles. The van der Waals surface area contributed by atoms with Crippen molar-refractivity contribution in [2.45, 2.75) is 32.9 Å². The SMILES string of the molecule is CC(=O)NCCN(C(C)C(=O)O)S(=O)(=O)N1CCc2ccccc2C1. The van der Waals surface area contributed by atoms with E-state index < -0.39 is 22.2 Å². The van der Waals surface area contributed by atoms with Gasteiger partial charge in [0.05, 0.1) is 0 Å². The monoisotopic (exact) mass is 369 g/mol. The van der Waals surface area contributed by atoms with Gasteiger partial charge in [-0.1, -0.05) is 24.3 Å². The lowest BCUT2D eigenvalue weighted by Gasteiger charge is -2.34. The molecule has 2 N–H and O–H groups in total. The largest absolute Gasteiger partial charge is 0.480 e. The van der Waals surface area contributed by atoms with Gasteiger partial charge in [-0.3, -0.25) is 9.59 Å². The Kier molecular flexibility index (Phi) is 6.15. The molecule has 1 aromatic carbocycles. The summed E-state index contributed by atoms with van der Waals surface area (Å²) in [5.74, 6) is -1.53. The van der Waals surface area contributed by atoms with Crippen LogP contribution in [-0.4, -0.2) is 59.7 Å². The van der Waals surface area contributed by atoms with Gasteiger partial charge in [0.1, 0.15) is 6.04 Å². The molecular weight excluding hydrogens is 346 g/mol. The van der Waals surface area contributed by atoms with Crippen LogP contribution in [0.1, 0.15) is 25.0 Å². The van der Waals surface area contributed by atoms with Gasteiger partial charge in [-0.25, -0.2) is 0 Å². The summed E-state index contributed by atoms with van der Waals surface area (Å²) >= 11 is 0. The number of nitrogens with zero attached hydrogens (tertiary/aromatic N) is 2. The average Bonchev–Trinajstić information content (AvgIpc) is 2.57. The molecule has 2 rings (SSSR count). The Bertz CT molecular complexity index is 750. The fourth-order valence-corrected chi connectivity index (χ4v) is 4.52. The van der Waals surface area contributed by atoms with Crippen LogP contribution in [0.25, 0.3) is 0 Å². The van der Waals surface area contributed by atoms with Crippen LogP contribution in [0, 0.1) is 0 Å². The van der Waals surface area contributed by atoms with Crippen molar-refractivity contribution in [2.24, 2.45) is 0 Å². The first kappa shape index (κ1) is 19.4. The molecule has 138 valence electrons. The standard InChI is InChI=1S/C16H23N3O5S/c1-12(16(21)22)19(10-8-17-13(2)20)25(23,24)18-9-7-14-5-3-4-6-15(14)11-18/h3-6,12H,7-11H2,1-2H3,(H,17,20)(H,21,22). The van der Waals surface area contributed by atoms with E-state index in [4.69, 9.17) is 0 Å². The summed E-state index contributed by atoms with van der Waals surface area (Å²) in [6, 6.07) is 6.38. The van der Waals surface area contributed by atoms with E-state index in [9.17, 15) is 23.1 Å². The van der Waals surface area contributed by atoms with Gasteiger partial charge in [0.2, 0.25) is 5.91 Å². The molecule has 0 saturated carbocycles. The van der Waals surface area contributed by atoms with Gasteiger partial charge in [0.25, 0.3) is 10.2 Å². The van der Waals surface area contributed by atoms with Crippen LogP contribution in [-0.2, 0) is 32.8 Å². The van der Waals surface area contributed by atoms with Crippen molar-refractivity contribution in [3.63, 3.8) is 0 Å². The zero-order valence-electron chi connectivity index (χ0n) is 14.3. The normalized spacial score (nSPS) is 16.3. The molecule has 0 spiro atoms. The minimum absolute atomic E-state index is 0.0522. The molecule has 1 unspecified atom stereocenters. The maximum Gasteiger partial charge on any atom is 0.321 e. The van der Waals surface area contributed by atoms with Gasteiger partial charge in [0.15, 0.2) is 0 Å². The van der Waals surface area contributed by atoms with Crippen molar-refractivity contribution < 1.29 is 23.1 Å². The fourth-order valence-electron chi connectivity index (χ4n) is 2.79. The summed E-state index contributed by atoms with van der Waals surface area (Å²) in [6.07, 6.45) is 0.580. The lowest BCUT2D eigenvalue weighted by Crippen LogP contribution is -2.53. The van der Waals surface area contributed by atoms with Crippen molar-refractivity contribution >= 4 is 22.1 Å². The highest BCUT2D eigenvalue weighted by molar-refractivity contribution is 7.86. The van der Waals surface area contributed by atoms with E-state index in [-0.39, 0.29) is 25.5 Å². The number of hydrogen-bond acceptors (Lipinski definition) is 4. The van der Waals surface area contributed by atoms with Crippen LogP contribution in [0.2, 0.25) is 0 Å². The van der Waals surface area contributed by atoms with E-state index in [0.717, 1.165) is 15.4 Å². The Balaban J connectivity index is 2.22. The van der Waals surface area contributed by atoms with Crippen LogP contribution in [0.5, 0.6) is 0 Å². The third-order valence-corrected chi connectivity index (χ3v) is 6.27. The summed E-state index contributed by atoms with van der Waals surface area (Å²) < 4.78 is 28.2. The molecule has 1 heterocycles. The Morgan fingerprint density at radius 1 is 1.32 bits per heavy atom. The third-order valence-electron chi connectivity index (χ3n) is 4.21. The van der Waals surface area contributed by atoms with Gasteiger partial charge in [-0.15, -0.1) is 0 Å². The first-order valence-electron chi connectivity index (χ1n) is 8.04. The summed E-state index contributed by atoms with van der Waals surface area (Å²) in [7, 11) is -3.97. The lowest BCUT2D eigenvalue weighted by atomic mass is 10.0. The van der Waals surface area contributed by atoms with Gasteiger partial charge >= 0.3 is 5.97 Å². The Labute approximate surface area is 147 Å². The number of carboxylic acids is 1. The van der Waals surface area contributed by atoms with Crippen LogP contribution >= 0.6 is 0 Å². The van der Waals surface area contributed by atoms with Gasteiger partial charge < -0.3 is 10.4 Å². The third kappa shape index (κ3) is 4.56. The summed E-state index contributed by atoms with van der Waals surface area (Å²) in [6.45, 7) is 3.10. The molecule has 1 aliphatic heterocycles. The highest BCUT2D eigenvalue weighted by Gasteiger charge is 2.37. The van der Waals surface area contributed by atoms with E-state index in [2.05, 4.69) is 5.32 Å². The molecule has 0 aliphatic carbocycles. The van der Waals surface area contributed by atoms with E-state index in [1.54, 1.807) is 0 Å². The minimum atomic E-state index is -3.97. The highest BCUT2D eigenvalue weighted by Crippen LogP contribution is 2.23. The van der Waals surface area contributed by atoms with E-state index in [1.165, 1.54) is 18.2 Å². The van der Waals surface area contributed by atoms with Gasteiger partial charge in [-0.05, 0) is 24.5 Å². The summed E-state index contributed by atoms with van der Waals surface area (Å²) in [4.78, 5) is 22.4. The number of aliphatic carboxylic acids is 1. The summed E-state index contributed by atoms with van der Waals surface area (Å²) in [5.41, 5.74) is 2.02. The molecule has 0 fully saturated rings. The predicted octanol–water partition coefficient (Wildman–Crippen LogP) is 0.201. The Morgan fingerprint density at radius 2 is 1.96 bits per heavy atom. The zero-order chi connectivity index (χ0) is 18.6. The van der Waals surface area contributed by atoms with Crippen molar-refractivity contribution in [3.8, 4) is 0 Å². The number of amides is 1. The second-order valence-electron chi connectivity index (χ2n) is 5.97. The van der Waals surface area contributed by atoms with Crippen LogP contribution in [0.4, 0.5) is 0 Å². The molecular formula is C16H23N3O5S. The van der Waals surface area contributed by atoms with E-state index >= 15 is 0 Å². The van der Waals surface area contributed by atoms with Crippen LogP contribution in [0.3, 0.4) is 0 Å². The number of nitrogens with one attached hydrogen (secondary N) is 1. The van der Waals surface area contributed by atoms with Crippen molar-refractivity contribution in [3.05, 3.63) is 35.4 Å². The molecule has 0 saturated heterocycles. The van der Waals surface area contributed by atoms with Gasteiger partial charge in [0, 0.05) is 33.1 Å². The first-order valence-corrected chi connectivity index (χ1v) is 9.44. The number of carbonyl (C=O) groups is 2. The zero-order valence-corrected chi connectivity index (χ0v) is 15.1. The first-order chi connectivity index (χ1) is 11.7. The topological polar surface area (TPSA) is 107 Å². The highest BCUT2D eigenvalue weighted by atomic mass is 32.2. The van der Waals surface area contributed by atoms with Gasteiger partial charge in [-0.2, -0.15) is 17.0 Å². The maximum absolute atomic E-state index is 13.0. The van der Waals surface area contributed by atoms with Crippen molar-refractivity contribution in [2.75, 3.05) is 19.6 Å². The van der Waals surface area contributed by atoms with Crippen LogP contribution < -0.4 is 5.32 Å². The van der Waals surface area contributed by atoms with E-state index in [1.807, 2.05) is 24.3 Å². The molecule has 1 amide bonds. The average molecular weight is 369 g/mol. The van der Waals surface area contributed by atoms with E-state index in [0.29, 0.717) is 13.0 Å². The quantitative estimate of drug-likeness (QED) is 0.714. The molecule has 1 atom stereocenters. The molecule has 1 aromatic rings. The molecule has 0 radical (unpaired) electrons. The minimum Gasteiger partial charge on any atom is -0.480 e. The maximum atomic E-state index is 13.0. The lowest BCUT2D eigenvalue weighted by molar-refractivity contribution is -0.140. The molecule has 0 bridgehead atoms. The smallest absolute Gasteiger partial charge is 0.321 e. The predicted molar refractivity (Wildman–Crippen MR) is 92.0 cm³/mol. The molecule has 1 aliphatic rings. The summed E-state index contributed by atoms with van der Waals surface area (Å²) in [5, 5.41) is 11.8. The Morgan fingerprint density at radius 3 is 2.56 bits per heavy atom. The second kappa shape index (κ2) is 7.94. The Hall–Kier alpha value is -1.97. The molecule has 9 heteroatoms. The number of hydrogen-bond donors (Lipinski definition) is 2. The number of carboxylic acid groups (broad SMARTS) is 1. The molecule has 8 nitrogen and oxygen atoms in total. The number of benzene rings is 1. The number of fused-ring (bicyclic) bond motifs is 1. The fraction of sp³-hybridized carbons (Fsp3) is 0.500.